The van der Waals surface area contributed by atoms with Crippen LogP contribution < -0.4 is 5.32 Å². The van der Waals surface area contributed by atoms with E-state index in [0.717, 1.165) is 0 Å². The Labute approximate surface area is 190 Å². The lowest BCUT2D eigenvalue weighted by Crippen LogP contribution is -2.41. The van der Waals surface area contributed by atoms with E-state index in [0.29, 0.717) is 21.2 Å². The van der Waals surface area contributed by atoms with Crippen LogP contribution in [0.3, 0.4) is 0 Å². The van der Waals surface area contributed by atoms with E-state index in [9.17, 15) is 18.3 Å². The summed E-state index contributed by atoms with van der Waals surface area (Å²) in [4.78, 5) is 0. The summed E-state index contributed by atoms with van der Waals surface area (Å²) in [6, 6.07) is 11.7. The van der Waals surface area contributed by atoms with Crippen molar-refractivity contribution in [2.45, 2.75) is 56.3 Å². The van der Waals surface area contributed by atoms with Crippen LogP contribution in [0.2, 0.25) is 10.0 Å². The molecule has 3 atom stereocenters. The van der Waals surface area contributed by atoms with Gasteiger partial charge in [0.1, 0.15) is 0 Å². The molecule has 0 radical (unpaired) electrons. The smallest absolute Gasteiger partial charge is 0.386 e. The molecule has 2 nitrogen and oxygen atoms in total. The molecule has 2 rings (SSSR count). The second kappa shape index (κ2) is 10.6. The fourth-order valence-corrected chi connectivity index (χ4v) is 4.21. The molecule has 0 spiro atoms. The molecule has 0 bridgehead atoms. The van der Waals surface area contributed by atoms with Gasteiger partial charge in [-0.15, -0.1) is 0 Å². The highest BCUT2D eigenvalue weighted by Crippen LogP contribution is 2.34. The summed E-state index contributed by atoms with van der Waals surface area (Å²) in [5, 5.41) is 15.1. The van der Waals surface area contributed by atoms with Crippen LogP contribution in [0.1, 0.15) is 50.5 Å². The average Bonchev–Trinajstić information content (AvgIpc) is 2.62. The van der Waals surface area contributed by atoms with E-state index in [1.807, 2.05) is 20.8 Å². The first-order valence-electron chi connectivity index (χ1n) is 9.50. The molecular weight excluding hydrogens is 454 g/mol. The van der Waals surface area contributed by atoms with Gasteiger partial charge in [-0.1, -0.05) is 68.2 Å². The third kappa shape index (κ3) is 8.67. The number of halogens is 5. The van der Waals surface area contributed by atoms with Crippen molar-refractivity contribution in [2.24, 2.45) is 0 Å². The number of aliphatic hydroxyl groups is 1. The summed E-state index contributed by atoms with van der Waals surface area (Å²) in [6.07, 6.45) is -6.43. The molecule has 0 aliphatic rings. The molecule has 0 saturated heterocycles. The average molecular weight is 480 g/mol. The summed E-state index contributed by atoms with van der Waals surface area (Å²) in [5.41, 5.74) is 1.16. The fraction of sp³-hybridized carbons (Fsp3) is 0.455. The number of thioether (sulfide) groups is 1. The molecule has 2 aromatic rings. The maximum Gasteiger partial charge on any atom is 0.390 e. The minimum Gasteiger partial charge on any atom is -0.386 e. The van der Waals surface area contributed by atoms with Gasteiger partial charge in [0, 0.05) is 26.6 Å². The predicted octanol–water partition coefficient (Wildman–Crippen LogP) is 7.21. The molecule has 30 heavy (non-hydrogen) atoms. The third-order valence-electron chi connectivity index (χ3n) is 4.35. The highest BCUT2D eigenvalue weighted by atomic mass is 35.5. The summed E-state index contributed by atoms with van der Waals surface area (Å²) in [7, 11) is 0. The Balaban J connectivity index is 2.36. The van der Waals surface area contributed by atoms with E-state index < -0.39 is 30.8 Å². The standard InChI is InChI=1S/C22H26Cl2F3NOS/c1-21(2,3)30-13-18(12-22(25,26)27)28-19(14-7-9-16(23)10-8-14)20(29)15-5-4-6-17(24)11-15/h4-11,18-20,28-29H,12-13H2,1-3H3/t18-,19-,20-/m1/s1. The molecule has 166 valence electrons. The van der Waals surface area contributed by atoms with Gasteiger partial charge in [0.2, 0.25) is 0 Å². The fourth-order valence-electron chi connectivity index (χ4n) is 2.97. The zero-order chi connectivity index (χ0) is 22.5. The topological polar surface area (TPSA) is 32.3 Å². The molecule has 0 amide bonds. The molecule has 0 saturated carbocycles. The van der Waals surface area contributed by atoms with Gasteiger partial charge in [-0.05, 0) is 35.4 Å². The van der Waals surface area contributed by atoms with Crippen molar-refractivity contribution in [3.63, 3.8) is 0 Å². The van der Waals surface area contributed by atoms with Crippen LogP contribution in [0.25, 0.3) is 0 Å². The lowest BCUT2D eigenvalue weighted by Gasteiger charge is -2.32. The van der Waals surface area contributed by atoms with Gasteiger partial charge >= 0.3 is 6.18 Å². The molecule has 2 N–H and O–H groups in total. The largest absolute Gasteiger partial charge is 0.390 e. The lowest BCUT2D eigenvalue weighted by molar-refractivity contribution is -0.139. The number of benzene rings is 2. The van der Waals surface area contributed by atoms with Crippen molar-refractivity contribution in [1.82, 2.24) is 5.32 Å². The van der Waals surface area contributed by atoms with Crippen molar-refractivity contribution in [3.8, 4) is 0 Å². The quantitative estimate of drug-likeness (QED) is 0.419. The van der Waals surface area contributed by atoms with Gasteiger partial charge in [0.15, 0.2) is 0 Å². The SMILES string of the molecule is CC(C)(C)SC[C@@H](CC(F)(F)F)N[C@H](c1ccc(Cl)cc1)[C@H](O)c1cccc(Cl)c1. The van der Waals surface area contributed by atoms with Gasteiger partial charge in [-0.3, -0.25) is 0 Å². The summed E-state index contributed by atoms with van der Waals surface area (Å²) in [6.45, 7) is 5.87. The summed E-state index contributed by atoms with van der Waals surface area (Å²) in [5.74, 6) is 0.245. The lowest BCUT2D eigenvalue weighted by atomic mass is 9.94. The van der Waals surface area contributed by atoms with Gasteiger partial charge < -0.3 is 10.4 Å². The Morgan fingerprint density at radius 2 is 1.60 bits per heavy atom. The summed E-state index contributed by atoms with van der Waals surface area (Å²) >= 11 is 13.5. The van der Waals surface area contributed by atoms with E-state index >= 15 is 0 Å². The van der Waals surface area contributed by atoms with Crippen molar-refractivity contribution < 1.29 is 18.3 Å². The normalized spacial score (nSPS) is 15.6. The van der Waals surface area contributed by atoms with Gasteiger partial charge in [0.05, 0.1) is 18.6 Å². The number of alkyl halides is 3. The van der Waals surface area contributed by atoms with Crippen molar-refractivity contribution in [2.75, 3.05) is 5.75 Å². The maximum absolute atomic E-state index is 13.3. The second-order valence-corrected chi connectivity index (χ2v) is 10.9. The molecular formula is C22H26Cl2F3NOS. The number of hydrogen-bond donors (Lipinski definition) is 2. The third-order valence-corrected chi connectivity index (χ3v) is 6.27. The first-order valence-corrected chi connectivity index (χ1v) is 11.2. The Morgan fingerprint density at radius 1 is 0.967 bits per heavy atom. The first kappa shape index (κ1) is 25.3. The van der Waals surface area contributed by atoms with Crippen LogP contribution in [0, 0.1) is 0 Å². The van der Waals surface area contributed by atoms with Crippen molar-refractivity contribution >= 4 is 35.0 Å². The van der Waals surface area contributed by atoms with Gasteiger partial charge in [-0.2, -0.15) is 24.9 Å². The predicted molar refractivity (Wildman–Crippen MR) is 120 cm³/mol. The minimum absolute atomic E-state index is 0.188. The molecule has 0 aliphatic carbocycles. The molecule has 0 aliphatic heterocycles. The van der Waals surface area contributed by atoms with E-state index in [-0.39, 0.29) is 10.5 Å². The number of hydrogen-bond acceptors (Lipinski definition) is 3. The Hall–Kier alpha value is -0.920. The molecule has 0 aromatic heterocycles. The molecule has 0 heterocycles. The maximum atomic E-state index is 13.3. The van der Waals surface area contributed by atoms with Crippen LogP contribution in [0.4, 0.5) is 13.2 Å². The Bertz CT molecular complexity index is 809. The van der Waals surface area contributed by atoms with Crippen LogP contribution in [0.5, 0.6) is 0 Å². The number of nitrogens with one attached hydrogen (secondary N) is 1. The zero-order valence-corrected chi connectivity index (χ0v) is 19.3. The van der Waals surface area contributed by atoms with Crippen LogP contribution in [0.15, 0.2) is 48.5 Å². The second-order valence-electron chi connectivity index (χ2n) is 8.14. The molecule has 0 fully saturated rings. The van der Waals surface area contributed by atoms with Gasteiger partial charge in [-0.25, -0.2) is 0 Å². The van der Waals surface area contributed by atoms with E-state index in [2.05, 4.69) is 5.32 Å². The molecule has 2 aromatic carbocycles. The van der Waals surface area contributed by atoms with E-state index in [4.69, 9.17) is 23.2 Å². The van der Waals surface area contributed by atoms with Crippen molar-refractivity contribution in [1.29, 1.82) is 0 Å². The monoisotopic (exact) mass is 479 g/mol. The zero-order valence-electron chi connectivity index (χ0n) is 17.0. The Morgan fingerprint density at radius 3 is 2.13 bits per heavy atom. The van der Waals surface area contributed by atoms with E-state index in [1.165, 1.54) is 11.8 Å². The van der Waals surface area contributed by atoms with Gasteiger partial charge in [0.25, 0.3) is 0 Å². The summed E-state index contributed by atoms with van der Waals surface area (Å²) < 4.78 is 39.6. The van der Waals surface area contributed by atoms with Crippen LogP contribution >= 0.6 is 35.0 Å². The van der Waals surface area contributed by atoms with E-state index in [1.54, 1.807) is 48.5 Å². The minimum atomic E-state index is -4.33. The van der Waals surface area contributed by atoms with Crippen molar-refractivity contribution in [3.05, 3.63) is 69.7 Å². The number of aliphatic hydroxyl groups excluding tert-OH is 1. The first-order chi connectivity index (χ1) is 13.8. The van der Waals surface area contributed by atoms with Crippen LogP contribution in [-0.2, 0) is 0 Å². The Kier molecular flexibility index (Phi) is 8.95. The molecule has 8 heteroatoms. The molecule has 0 unspecified atom stereocenters. The van der Waals surface area contributed by atoms with Crippen LogP contribution in [-0.4, -0.2) is 27.8 Å². The highest BCUT2D eigenvalue weighted by Gasteiger charge is 2.35. The highest BCUT2D eigenvalue weighted by molar-refractivity contribution is 8.00. The number of rotatable bonds is 8.